The number of carbonyl (C=O) groups excluding carboxylic acids is 1. The van der Waals surface area contributed by atoms with Crippen molar-refractivity contribution in [3.05, 3.63) is 53.9 Å². The van der Waals surface area contributed by atoms with Gasteiger partial charge in [-0.05, 0) is 51.1 Å². The van der Waals surface area contributed by atoms with Crippen molar-refractivity contribution in [1.29, 1.82) is 0 Å². The van der Waals surface area contributed by atoms with Crippen LogP contribution in [0.3, 0.4) is 0 Å². The van der Waals surface area contributed by atoms with Crippen molar-refractivity contribution in [2.24, 2.45) is 0 Å². The van der Waals surface area contributed by atoms with E-state index in [1.807, 2.05) is 43.1 Å². The third kappa shape index (κ3) is 4.98. The van der Waals surface area contributed by atoms with Crippen LogP contribution in [0.5, 0.6) is 11.5 Å². The normalized spacial score (nSPS) is 16.8. The minimum atomic E-state index is 0.0368. The maximum atomic E-state index is 12.9. The van der Waals surface area contributed by atoms with Crippen LogP contribution in [0, 0.1) is 0 Å². The molecule has 1 amide bonds. The molecule has 6 heteroatoms. The van der Waals surface area contributed by atoms with Gasteiger partial charge in [0, 0.05) is 42.7 Å². The lowest BCUT2D eigenvalue weighted by atomic mass is 10.0. The SMILES string of the molecule is CCOc1cc(C(=O)N2CCC[C@H](NC)C2)ccc1OCc1cccnc1. The number of amides is 1. The molecule has 2 heterocycles. The van der Waals surface area contributed by atoms with Crippen molar-refractivity contribution in [3.8, 4) is 11.5 Å². The average Bonchev–Trinajstić information content (AvgIpc) is 2.73. The zero-order valence-corrected chi connectivity index (χ0v) is 16.0. The number of benzene rings is 1. The van der Waals surface area contributed by atoms with E-state index < -0.39 is 0 Å². The number of pyridine rings is 1. The first-order chi connectivity index (χ1) is 13.2. The van der Waals surface area contributed by atoms with Gasteiger partial charge in [-0.25, -0.2) is 0 Å². The Bertz CT molecular complexity index is 752. The summed E-state index contributed by atoms with van der Waals surface area (Å²) in [6.45, 7) is 4.35. The molecule has 1 aromatic heterocycles. The van der Waals surface area contributed by atoms with Crippen LogP contribution in [0.1, 0.15) is 35.7 Å². The van der Waals surface area contributed by atoms with E-state index in [1.165, 1.54) is 0 Å². The lowest BCUT2D eigenvalue weighted by molar-refractivity contribution is 0.0697. The fraction of sp³-hybridized carbons (Fsp3) is 0.429. The highest BCUT2D eigenvalue weighted by molar-refractivity contribution is 5.95. The molecule has 1 aliphatic heterocycles. The molecule has 0 unspecified atom stereocenters. The van der Waals surface area contributed by atoms with Crippen LogP contribution in [0.2, 0.25) is 0 Å². The summed E-state index contributed by atoms with van der Waals surface area (Å²) in [7, 11) is 1.94. The number of carbonyl (C=O) groups is 1. The number of nitrogens with one attached hydrogen (secondary N) is 1. The number of aromatic nitrogens is 1. The van der Waals surface area contributed by atoms with Gasteiger partial charge in [0.2, 0.25) is 0 Å². The van der Waals surface area contributed by atoms with Gasteiger partial charge in [-0.15, -0.1) is 0 Å². The highest BCUT2D eigenvalue weighted by Gasteiger charge is 2.24. The Morgan fingerprint density at radius 3 is 2.93 bits per heavy atom. The summed E-state index contributed by atoms with van der Waals surface area (Å²) >= 11 is 0. The van der Waals surface area contributed by atoms with E-state index >= 15 is 0 Å². The summed E-state index contributed by atoms with van der Waals surface area (Å²) in [6, 6.07) is 9.60. The molecular formula is C21H27N3O3. The minimum absolute atomic E-state index is 0.0368. The maximum Gasteiger partial charge on any atom is 0.254 e. The third-order valence-electron chi connectivity index (χ3n) is 4.72. The van der Waals surface area contributed by atoms with Crippen LogP contribution >= 0.6 is 0 Å². The second-order valence-corrected chi connectivity index (χ2v) is 6.62. The standard InChI is InChI=1S/C21H27N3O3/c1-3-26-20-12-17(21(25)24-11-5-7-18(14-24)22-2)8-9-19(20)27-15-16-6-4-10-23-13-16/h4,6,8-10,12-13,18,22H,3,5,7,11,14-15H2,1-2H3/t18-/m0/s1. The van der Waals surface area contributed by atoms with E-state index in [9.17, 15) is 4.79 Å². The largest absolute Gasteiger partial charge is 0.490 e. The second-order valence-electron chi connectivity index (χ2n) is 6.62. The summed E-state index contributed by atoms with van der Waals surface area (Å²) in [4.78, 5) is 18.9. The van der Waals surface area contributed by atoms with E-state index in [2.05, 4.69) is 10.3 Å². The highest BCUT2D eigenvalue weighted by Crippen LogP contribution is 2.30. The first kappa shape index (κ1) is 19.2. The van der Waals surface area contributed by atoms with Gasteiger partial charge in [-0.3, -0.25) is 9.78 Å². The molecule has 2 aromatic rings. The van der Waals surface area contributed by atoms with Gasteiger partial charge in [0.25, 0.3) is 5.91 Å². The summed E-state index contributed by atoms with van der Waals surface area (Å²) in [5, 5.41) is 3.27. The fourth-order valence-corrected chi connectivity index (χ4v) is 3.25. The molecule has 1 N–H and O–H groups in total. The first-order valence-corrected chi connectivity index (χ1v) is 9.46. The summed E-state index contributed by atoms with van der Waals surface area (Å²) in [6.07, 6.45) is 5.62. The Balaban J connectivity index is 1.73. The Kier molecular flexibility index (Phi) is 6.65. The van der Waals surface area contributed by atoms with E-state index in [0.717, 1.165) is 31.5 Å². The van der Waals surface area contributed by atoms with E-state index in [4.69, 9.17) is 9.47 Å². The lowest BCUT2D eigenvalue weighted by Gasteiger charge is -2.32. The molecule has 0 saturated carbocycles. The van der Waals surface area contributed by atoms with E-state index in [0.29, 0.717) is 36.3 Å². The number of piperidine rings is 1. The number of nitrogens with zero attached hydrogens (tertiary/aromatic N) is 2. The van der Waals surface area contributed by atoms with Crippen molar-refractivity contribution >= 4 is 5.91 Å². The van der Waals surface area contributed by atoms with Crippen molar-refractivity contribution in [2.45, 2.75) is 32.4 Å². The number of rotatable bonds is 7. The quantitative estimate of drug-likeness (QED) is 0.813. The molecule has 1 atom stereocenters. The molecule has 144 valence electrons. The maximum absolute atomic E-state index is 12.9. The van der Waals surface area contributed by atoms with Crippen molar-refractivity contribution in [3.63, 3.8) is 0 Å². The van der Waals surface area contributed by atoms with Gasteiger partial charge in [-0.1, -0.05) is 6.07 Å². The molecule has 3 rings (SSSR count). The molecule has 1 fully saturated rings. The number of likely N-dealkylation sites (tertiary alicyclic amines) is 1. The summed E-state index contributed by atoms with van der Waals surface area (Å²) in [5.41, 5.74) is 1.61. The Morgan fingerprint density at radius 2 is 2.19 bits per heavy atom. The van der Waals surface area contributed by atoms with E-state index in [1.54, 1.807) is 18.5 Å². The summed E-state index contributed by atoms with van der Waals surface area (Å²) < 4.78 is 11.6. The van der Waals surface area contributed by atoms with Crippen LogP contribution in [0.25, 0.3) is 0 Å². The molecule has 1 aromatic carbocycles. The molecule has 1 aliphatic rings. The zero-order chi connectivity index (χ0) is 19.1. The molecule has 0 bridgehead atoms. The fourth-order valence-electron chi connectivity index (χ4n) is 3.25. The van der Waals surface area contributed by atoms with Gasteiger partial charge >= 0.3 is 0 Å². The van der Waals surface area contributed by atoms with Crippen LogP contribution in [-0.4, -0.2) is 48.6 Å². The topological polar surface area (TPSA) is 63.7 Å². The Labute approximate surface area is 160 Å². The number of ether oxygens (including phenoxy) is 2. The average molecular weight is 369 g/mol. The summed E-state index contributed by atoms with van der Waals surface area (Å²) in [5.74, 6) is 1.26. The van der Waals surface area contributed by atoms with Crippen LogP contribution in [-0.2, 0) is 6.61 Å². The van der Waals surface area contributed by atoms with Gasteiger partial charge in [-0.2, -0.15) is 0 Å². The van der Waals surface area contributed by atoms with Crippen molar-refractivity contribution in [2.75, 3.05) is 26.7 Å². The second kappa shape index (κ2) is 9.37. The molecule has 0 radical (unpaired) electrons. The third-order valence-corrected chi connectivity index (χ3v) is 4.72. The monoisotopic (exact) mass is 369 g/mol. The highest BCUT2D eigenvalue weighted by atomic mass is 16.5. The zero-order valence-electron chi connectivity index (χ0n) is 16.0. The first-order valence-electron chi connectivity index (χ1n) is 9.46. The predicted molar refractivity (Wildman–Crippen MR) is 104 cm³/mol. The minimum Gasteiger partial charge on any atom is -0.490 e. The molecule has 0 spiro atoms. The predicted octanol–water partition coefficient (Wildman–Crippen LogP) is 2.88. The molecule has 0 aliphatic carbocycles. The van der Waals surface area contributed by atoms with E-state index in [-0.39, 0.29) is 5.91 Å². The molecular weight excluding hydrogens is 342 g/mol. The number of hydrogen-bond donors (Lipinski definition) is 1. The van der Waals surface area contributed by atoms with Crippen LogP contribution in [0.4, 0.5) is 0 Å². The molecule has 6 nitrogen and oxygen atoms in total. The van der Waals surface area contributed by atoms with Crippen molar-refractivity contribution < 1.29 is 14.3 Å². The van der Waals surface area contributed by atoms with Crippen LogP contribution < -0.4 is 14.8 Å². The van der Waals surface area contributed by atoms with Gasteiger partial charge < -0.3 is 19.7 Å². The van der Waals surface area contributed by atoms with Gasteiger partial charge in [0.1, 0.15) is 6.61 Å². The smallest absolute Gasteiger partial charge is 0.254 e. The number of likely N-dealkylation sites (N-methyl/N-ethyl adjacent to an activating group) is 1. The van der Waals surface area contributed by atoms with Gasteiger partial charge in [0.15, 0.2) is 11.5 Å². The Hall–Kier alpha value is -2.60. The van der Waals surface area contributed by atoms with Crippen molar-refractivity contribution in [1.82, 2.24) is 15.2 Å². The van der Waals surface area contributed by atoms with Crippen LogP contribution in [0.15, 0.2) is 42.7 Å². The lowest BCUT2D eigenvalue weighted by Crippen LogP contribution is -2.46. The number of hydrogen-bond acceptors (Lipinski definition) is 5. The molecule has 27 heavy (non-hydrogen) atoms. The van der Waals surface area contributed by atoms with Gasteiger partial charge in [0.05, 0.1) is 6.61 Å². The molecule has 1 saturated heterocycles. The Morgan fingerprint density at radius 1 is 1.30 bits per heavy atom.